The first-order chi connectivity index (χ1) is 19.7. The first-order valence-corrected chi connectivity index (χ1v) is 15.3. The lowest BCUT2D eigenvalue weighted by atomic mass is 9.83. The topological polar surface area (TPSA) is 97.7 Å². The van der Waals surface area contributed by atoms with E-state index >= 15 is 0 Å². The van der Waals surface area contributed by atoms with Crippen molar-refractivity contribution >= 4 is 68.1 Å². The second-order valence-corrected chi connectivity index (χ2v) is 12.9. The Bertz CT molecular complexity index is 1730. The molecule has 2 unspecified atom stereocenters. The second-order valence-electron chi connectivity index (χ2n) is 9.84. The SMILES string of the molecule is COc1ccc([C@H]2c3sc(=O)n(CC(=O)Nc4cccc(C)c4)c3SC3C(=O)N(c4ccc(Br)cc4)C(=O)C32)cc1. The van der Waals surface area contributed by atoms with Crippen LogP contribution in [0.2, 0.25) is 0 Å². The number of hydrogen-bond donors (Lipinski definition) is 1. The van der Waals surface area contributed by atoms with Crippen molar-refractivity contribution in [3.63, 3.8) is 0 Å². The Morgan fingerprint density at radius 3 is 2.41 bits per heavy atom. The number of aryl methyl sites for hydroxylation is 1. The van der Waals surface area contributed by atoms with Crippen LogP contribution >= 0.6 is 39.0 Å². The summed E-state index contributed by atoms with van der Waals surface area (Å²) in [7, 11) is 1.57. The fourth-order valence-corrected chi connectivity index (χ4v) is 8.37. The van der Waals surface area contributed by atoms with Crippen molar-refractivity contribution in [3.05, 3.63) is 103 Å². The molecule has 8 nitrogen and oxygen atoms in total. The Morgan fingerprint density at radius 1 is 1.00 bits per heavy atom. The number of thiazole rings is 1. The first-order valence-electron chi connectivity index (χ1n) is 12.8. The zero-order valence-corrected chi connectivity index (χ0v) is 25.2. The average Bonchev–Trinajstić information content (AvgIpc) is 3.40. The van der Waals surface area contributed by atoms with Gasteiger partial charge in [-0.25, -0.2) is 4.90 Å². The van der Waals surface area contributed by atoms with E-state index in [1.54, 1.807) is 49.6 Å². The molecule has 41 heavy (non-hydrogen) atoms. The van der Waals surface area contributed by atoms with Gasteiger partial charge in [0.05, 0.1) is 23.7 Å². The quantitative estimate of drug-likeness (QED) is 0.280. The van der Waals surface area contributed by atoms with E-state index in [1.165, 1.54) is 21.2 Å². The van der Waals surface area contributed by atoms with E-state index in [2.05, 4.69) is 21.2 Å². The molecule has 1 aromatic heterocycles. The molecular weight excluding hydrogens is 626 g/mol. The summed E-state index contributed by atoms with van der Waals surface area (Å²) in [5, 5.41) is 2.64. The van der Waals surface area contributed by atoms with Crippen molar-refractivity contribution in [3.8, 4) is 5.75 Å². The van der Waals surface area contributed by atoms with Crippen LogP contribution in [0.4, 0.5) is 11.4 Å². The number of carbonyl (C=O) groups excluding carboxylic acids is 3. The number of nitrogens with one attached hydrogen (secondary N) is 1. The van der Waals surface area contributed by atoms with Crippen LogP contribution in [-0.2, 0) is 20.9 Å². The fraction of sp³-hybridized carbons (Fsp3) is 0.200. The predicted octanol–water partition coefficient (Wildman–Crippen LogP) is 5.42. The molecule has 1 fully saturated rings. The number of imide groups is 1. The number of methoxy groups -OCH3 is 1. The number of aromatic nitrogens is 1. The zero-order chi connectivity index (χ0) is 28.8. The smallest absolute Gasteiger partial charge is 0.308 e. The number of amides is 3. The van der Waals surface area contributed by atoms with Crippen LogP contribution in [0.1, 0.15) is 21.9 Å². The number of ether oxygens (including phenoxy) is 1. The van der Waals surface area contributed by atoms with Crippen LogP contribution in [0.3, 0.4) is 0 Å². The third-order valence-electron chi connectivity index (χ3n) is 7.21. The number of halogens is 1. The Hall–Kier alpha value is -3.67. The minimum Gasteiger partial charge on any atom is -0.497 e. The van der Waals surface area contributed by atoms with Crippen molar-refractivity contribution in [1.82, 2.24) is 4.57 Å². The number of hydrogen-bond acceptors (Lipinski definition) is 7. The van der Waals surface area contributed by atoms with E-state index < -0.39 is 17.1 Å². The Labute approximate surface area is 252 Å². The predicted molar refractivity (Wildman–Crippen MR) is 163 cm³/mol. The summed E-state index contributed by atoms with van der Waals surface area (Å²) in [6, 6.07) is 21.8. The molecule has 11 heteroatoms. The summed E-state index contributed by atoms with van der Waals surface area (Å²) >= 11 is 5.62. The van der Waals surface area contributed by atoms with Gasteiger partial charge in [0, 0.05) is 21.0 Å². The van der Waals surface area contributed by atoms with Gasteiger partial charge in [0.25, 0.3) is 0 Å². The van der Waals surface area contributed by atoms with E-state index in [9.17, 15) is 19.2 Å². The van der Waals surface area contributed by atoms with Crippen LogP contribution < -0.4 is 19.8 Å². The largest absolute Gasteiger partial charge is 0.497 e. The number of carbonyl (C=O) groups is 3. The third kappa shape index (κ3) is 5.02. The van der Waals surface area contributed by atoms with Crippen LogP contribution in [0, 0.1) is 12.8 Å². The number of thioether (sulfide) groups is 1. The average molecular weight is 651 g/mol. The molecule has 0 saturated carbocycles. The number of nitrogens with zero attached hydrogens (tertiary/aromatic N) is 2. The fourth-order valence-electron chi connectivity index (χ4n) is 5.34. The molecule has 1 saturated heterocycles. The van der Waals surface area contributed by atoms with Gasteiger partial charge in [-0.05, 0) is 66.6 Å². The second kappa shape index (κ2) is 11.0. The number of anilines is 2. The summed E-state index contributed by atoms with van der Waals surface area (Å²) in [6.45, 7) is 1.72. The highest BCUT2D eigenvalue weighted by Gasteiger charge is 2.56. The van der Waals surface area contributed by atoms with Crippen LogP contribution in [-0.4, -0.2) is 34.6 Å². The van der Waals surface area contributed by atoms with E-state index in [0.29, 0.717) is 27.0 Å². The lowest BCUT2D eigenvalue weighted by molar-refractivity contribution is -0.122. The highest BCUT2D eigenvalue weighted by atomic mass is 79.9. The normalized spacial score (nSPS) is 19.6. The molecule has 0 spiro atoms. The maximum absolute atomic E-state index is 14.0. The van der Waals surface area contributed by atoms with E-state index in [1.807, 2.05) is 37.3 Å². The van der Waals surface area contributed by atoms with Gasteiger partial charge >= 0.3 is 4.87 Å². The molecular formula is C30H24BrN3O5S2. The lowest BCUT2D eigenvalue weighted by Crippen LogP contribution is -2.33. The Balaban J connectivity index is 1.41. The molecule has 0 aliphatic carbocycles. The van der Waals surface area contributed by atoms with Crippen molar-refractivity contribution in [1.29, 1.82) is 0 Å². The van der Waals surface area contributed by atoms with Crippen LogP contribution in [0.15, 0.2) is 87.1 Å². The molecule has 4 aromatic rings. The Kier molecular flexibility index (Phi) is 7.35. The van der Waals surface area contributed by atoms with Gasteiger partial charge in [-0.2, -0.15) is 0 Å². The van der Waals surface area contributed by atoms with Gasteiger partial charge in [0.15, 0.2) is 0 Å². The molecule has 3 aromatic carbocycles. The van der Waals surface area contributed by atoms with Gasteiger partial charge in [-0.1, -0.05) is 63.3 Å². The highest BCUT2D eigenvalue weighted by Crippen LogP contribution is 2.54. The maximum Gasteiger partial charge on any atom is 0.308 e. The Morgan fingerprint density at radius 2 is 1.73 bits per heavy atom. The summed E-state index contributed by atoms with van der Waals surface area (Å²) in [5.74, 6) is -1.62. The minimum absolute atomic E-state index is 0.211. The molecule has 3 amide bonds. The van der Waals surface area contributed by atoms with E-state index in [4.69, 9.17) is 4.74 Å². The van der Waals surface area contributed by atoms with Gasteiger partial charge in [-0.3, -0.25) is 23.7 Å². The van der Waals surface area contributed by atoms with Crippen molar-refractivity contribution < 1.29 is 19.1 Å². The summed E-state index contributed by atoms with van der Waals surface area (Å²) in [6.07, 6.45) is 0. The van der Waals surface area contributed by atoms with Gasteiger partial charge in [-0.15, -0.1) is 0 Å². The molecule has 3 atom stereocenters. The molecule has 208 valence electrons. The summed E-state index contributed by atoms with van der Waals surface area (Å²) in [4.78, 5) is 55.7. The van der Waals surface area contributed by atoms with E-state index in [0.717, 1.165) is 26.9 Å². The van der Waals surface area contributed by atoms with Gasteiger partial charge < -0.3 is 10.1 Å². The maximum atomic E-state index is 14.0. The van der Waals surface area contributed by atoms with Crippen molar-refractivity contribution in [2.45, 2.75) is 29.7 Å². The number of fused-ring (bicyclic) bond motifs is 2. The third-order valence-corrected chi connectivity index (χ3v) is 10.3. The molecule has 6 rings (SSSR count). The van der Waals surface area contributed by atoms with E-state index in [-0.39, 0.29) is 29.1 Å². The van der Waals surface area contributed by atoms with Gasteiger partial charge in [0.1, 0.15) is 17.5 Å². The summed E-state index contributed by atoms with van der Waals surface area (Å²) < 4.78 is 7.58. The summed E-state index contributed by atoms with van der Waals surface area (Å²) in [5.41, 5.74) is 2.91. The standard InChI is InChI=1S/C30H24BrN3O5S2/c1-16-4-3-5-19(14-16)32-22(35)15-33-29-26(41-30(33)38)23(17-6-12-21(39-2)13-7-17)24-25(40-29)28(37)34(27(24)36)20-10-8-18(31)9-11-20/h3-14,23-25H,15H2,1-2H3,(H,32,35)/t23-,24?,25?/m1/s1. The highest BCUT2D eigenvalue weighted by molar-refractivity contribution is 9.10. The van der Waals surface area contributed by atoms with Crippen LogP contribution in [0.5, 0.6) is 5.75 Å². The molecule has 0 bridgehead atoms. The number of benzene rings is 3. The zero-order valence-electron chi connectivity index (χ0n) is 22.0. The number of rotatable bonds is 6. The molecule has 2 aliphatic rings. The molecule has 1 N–H and O–H groups in total. The monoisotopic (exact) mass is 649 g/mol. The van der Waals surface area contributed by atoms with Crippen molar-refractivity contribution in [2.75, 3.05) is 17.3 Å². The van der Waals surface area contributed by atoms with Crippen molar-refractivity contribution in [2.24, 2.45) is 5.92 Å². The molecule has 3 heterocycles. The minimum atomic E-state index is -0.758. The molecule has 2 aliphatic heterocycles. The van der Waals surface area contributed by atoms with Gasteiger partial charge in [0.2, 0.25) is 17.7 Å². The lowest BCUT2D eigenvalue weighted by Gasteiger charge is -2.30. The molecule has 0 radical (unpaired) electrons. The van der Waals surface area contributed by atoms with Crippen LogP contribution in [0.25, 0.3) is 0 Å². The first kappa shape index (κ1) is 27.5.